The second-order valence-electron chi connectivity index (χ2n) is 3.35. The largest absolute Gasteiger partial charge is 0.419 e. The Morgan fingerprint density at radius 3 is 2.53 bits per heavy atom. The third-order valence-corrected chi connectivity index (χ3v) is 2.37. The number of hydrogen-bond donors (Lipinski definition) is 2. The van der Waals surface area contributed by atoms with Crippen molar-refractivity contribution in [1.82, 2.24) is 0 Å². The summed E-state index contributed by atoms with van der Waals surface area (Å²) in [6, 6.07) is 2.89. The van der Waals surface area contributed by atoms with E-state index in [1.54, 1.807) is 0 Å². The highest BCUT2D eigenvalue weighted by atomic mass is 35.5. The Morgan fingerprint density at radius 2 is 2.00 bits per heavy atom. The molecule has 96 valence electrons. The molecule has 2 nitrogen and oxygen atoms in total. The van der Waals surface area contributed by atoms with E-state index in [4.69, 9.17) is 16.7 Å². The summed E-state index contributed by atoms with van der Waals surface area (Å²) in [6.07, 6.45) is -5.70. The van der Waals surface area contributed by atoms with Gasteiger partial charge in [0.15, 0.2) is 5.82 Å². The van der Waals surface area contributed by atoms with Crippen LogP contribution in [-0.4, -0.2) is 23.6 Å². The summed E-state index contributed by atoms with van der Waals surface area (Å²) in [4.78, 5) is 0. The van der Waals surface area contributed by atoms with Crippen molar-refractivity contribution in [2.75, 3.05) is 17.7 Å². The van der Waals surface area contributed by atoms with Crippen molar-refractivity contribution in [2.45, 2.75) is 12.3 Å². The zero-order valence-electron chi connectivity index (χ0n) is 8.56. The van der Waals surface area contributed by atoms with Crippen LogP contribution in [0.5, 0.6) is 0 Å². The normalized spacial score (nSPS) is 13.5. The summed E-state index contributed by atoms with van der Waals surface area (Å²) in [5.74, 6) is -1.48. The lowest BCUT2D eigenvalue weighted by Crippen LogP contribution is -2.21. The smallest absolute Gasteiger partial charge is 0.390 e. The highest BCUT2D eigenvalue weighted by Crippen LogP contribution is 2.33. The molecule has 1 aromatic carbocycles. The van der Waals surface area contributed by atoms with E-state index in [0.29, 0.717) is 6.07 Å². The maximum Gasteiger partial charge on any atom is 0.419 e. The van der Waals surface area contributed by atoms with Crippen LogP contribution < -0.4 is 5.32 Å². The molecule has 0 bridgehead atoms. The molecule has 1 atom stereocenters. The van der Waals surface area contributed by atoms with Crippen molar-refractivity contribution >= 4 is 17.3 Å². The lowest BCUT2D eigenvalue weighted by molar-refractivity contribution is -0.139. The number of aliphatic hydroxyl groups excluding tert-OH is 1. The molecule has 1 aromatic rings. The summed E-state index contributed by atoms with van der Waals surface area (Å²) in [6.45, 7) is -0.123. The Kier molecular flexibility index (Phi) is 4.59. The molecule has 0 heterocycles. The highest BCUT2D eigenvalue weighted by Gasteiger charge is 2.34. The fourth-order valence-electron chi connectivity index (χ4n) is 1.17. The number of rotatable bonds is 4. The second kappa shape index (κ2) is 5.55. The van der Waals surface area contributed by atoms with Crippen LogP contribution in [0.2, 0.25) is 0 Å². The van der Waals surface area contributed by atoms with Gasteiger partial charge in [-0.2, -0.15) is 13.2 Å². The first kappa shape index (κ1) is 14.1. The monoisotopic (exact) mass is 271 g/mol. The van der Waals surface area contributed by atoms with Gasteiger partial charge in [-0.25, -0.2) is 4.39 Å². The lowest BCUT2D eigenvalue weighted by Gasteiger charge is -2.14. The van der Waals surface area contributed by atoms with Crippen molar-refractivity contribution in [3.05, 3.63) is 29.6 Å². The van der Waals surface area contributed by atoms with Crippen molar-refractivity contribution in [3.63, 3.8) is 0 Å². The molecule has 0 fully saturated rings. The van der Waals surface area contributed by atoms with Gasteiger partial charge in [0.05, 0.1) is 23.2 Å². The molecule has 0 saturated carbocycles. The average molecular weight is 272 g/mol. The Bertz CT molecular complexity index is 383. The van der Waals surface area contributed by atoms with E-state index in [2.05, 4.69) is 5.32 Å². The minimum absolute atomic E-state index is 0.0897. The number of aliphatic hydroxyl groups is 1. The van der Waals surface area contributed by atoms with E-state index in [1.165, 1.54) is 0 Å². The summed E-state index contributed by atoms with van der Waals surface area (Å²) in [7, 11) is 0. The molecule has 0 aliphatic heterocycles. The van der Waals surface area contributed by atoms with Gasteiger partial charge in [0.25, 0.3) is 0 Å². The Balaban J connectivity index is 2.88. The summed E-state index contributed by atoms with van der Waals surface area (Å²) < 4.78 is 50.5. The molecule has 17 heavy (non-hydrogen) atoms. The maximum absolute atomic E-state index is 13.4. The molecule has 1 rings (SSSR count). The van der Waals surface area contributed by atoms with Crippen LogP contribution >= 0.6 is 11.6 Å². The molecule has 0 aliphatic carbocycles. The first-order valence-electron chi connectivity index (χ1n) is 4.70. The number of alkyl halides is 4. The maximum atomic E-state index is 13.4. The van der Waals surface area contributed by atoms with Crippen molar-refractivity contribution in [2.24, 2.45) is 0 Å². The number of halogens is 5. The van der Waals surface area contributed by atoms with E-state index in [9.17, 15) is 17.6 Å². The molecule has 0 aromatic heterocycles. The standard InChI is InChI=1S/C10H10ClF4NO/c11-4-6(17)5-16-8-3-1-2-7(9(8)12)10(13,14)15/h1-3,6,16-17H,4-5H2. The molecule has 0 radical (unpaired) electrons. The van der Waals surface area contributed by atoms with Crippen LogP contribution in [0.1, 0.15) is 5.56 Å². The molecule has 7 heteroatoms. The van der Waals surface area contributed by atoms with E-state index in [0.717, 1.165) is 12.1 Å². The molecular formula is C10H10ClF4NO. The average Bonchev–Trinajstić information content (AvgIpc) is 2.25. The van der Waals surface area contributed by atoms with E-state index in [1.807, 2.05) is 0 Å². The molecule has 2 N–H and O–H groups in total. The van der Waals surface area contributed by atoms with Crippen LogP contribution in [0.3, 0.4) is 0 Å². The molecule has 0 amide bonds. The van der Waals surface area contributed by atoms with Gasteiger partial charge < -0.3 is 10.4 Å². The van der Waals surface area contributed by atoms with Gasteiger partial charge in [0.2, 0.25) is 0 Å². The zero-order valence-corrected chi connectivity index (χ0v) is 9.32. The zero-order chi connectivity index (χ0) is 13.1. The van der Waals surface area contributed by atoms with Gasteiger partial charge in [-0.05, 0) is 12.1 Å². The number of nitrogens with one attached hydrogen (secondary N) is 1. The molecular weight excluding hydrogens is 262 g/mol. The van der Waals surface area contributed by atoms with E-state index in [-0.39, 0.29) is 18.1 Å². The number of benzene rings is 1. The third-order valence-electron chi connectivity index (χ3n) is 2.01. The second-order valence-corrected chi connectivity index (χ2v) is 3.66. The highest BCUT2D eigenvalue weighted by molar-refractivity contribution is 6.18. The fraction of sp³-hybridized carbons (Fsp3) is 0.400. The summed E-state index contributed by atoms with van der Waals surface area (Å²) in [5, 5.41) is 11.5. The van der Waals surface area contributed by atoms with Crippen LogP contribution in [0.25, 0.3) is 0 Å². The predicted octanol–water partition coefficient (Wildman–Crippen LogP) is 2.86. The van der Waals surface area contributed by atoms with Crippen LogP contribution in [0, 0.1) is 5.82 Å². The Hall–Kier alpha value is -1.01. The van der Waals surface area contributed by atoms with E-state index < -0.39 is 23.7 Å². The van der Waals surface area contributed by atoms with Gasteiger partial charge in [-0.1, -0.05) is 6.07 Å². The minimum atomic E-state index is -4.74. The molecule has 0 spiro atoms. The molecule has 0 saturated heterocycles. The van der Waals surface area contributed by atoms with Crippen molar-refractivity contribution in [3.8, 4) is 0 Å². The van der Waals surface area contributed by atoms with Gasteiger partial charge in [-0.15, -0.1) is 11.6 Å². The summed E-state index contributed by atoms with van der Waals surface area (Å²) >= 11 is 5.30. The van der Waals surface area contributed by atoms with Crippen molar-refractivity contribution < 1.29 is 22.7 Å². The SMILES string of the molecule is OC(CCl)CNc1cccc(C(F)(F)F)c1F. The van der Waals surface area contributed by atoms with Crippen molar-refractivity contribution in [1.29, 1.82) is 0 Å². The number of anilines is 1. The van der Waals surface area contributed by atoms with Gasteiger partial charge in [0, 0.05) is 6.54 Å². The lowest BCUT2D eigenvalue weighted by atomic mass is 10.1. The first-order valence-corrected chi connectivity index (χ1v) is 5.23. The Morgan fingerprint density at radius 1 is 1.35 bits per heavy atom. The number of hydrogen-bond acceptors (Lipinski definition) is 2. The fourth-order valence-corrected chi connectivity index (χ4v) is 1.28. The van der Waals surface area contributed by atoms with Gasteiger partial charge >= 0.3 is 6.18 Å². The molecule has 1 unspecified atom stereocenters. The van der Waals surface area contributed by atoms with Crippen LogP contribution in [-0.2, 0) is 6.18 Å². The van der Waals surface area contributed by atoms with Crippen LogP contribution in [0.4, 0.5) is 23.2 Å². The minimum Gasteiger partial charge on any atom is -0.390 e. The predicted molar refractivity (Wildman–Crippen MR) is 56.6 cm³/mol. The van der Waals surface area contributed by atoms with Gasteiger partial charge in [0.1, 0.15) is 0 Å². The topological polar surface area (TPSA) is 32.3 Å². The van der Waals surface area contributed by atoms with E-state index >= 15 is 0 Å². The Labute approximate surface area is 100 Å². The first-order chi connectivity index (χ1) is 7.86. The summed E-state index contributed by atoms with van der Waals surface area (Å²) in [5.41, 5.74) is -1.66. The molecule has 0 aliphatic rings. The third kappa shape index (κ3) is 3.74. The quantitative estimate of drug-likeness (QED) is 0.652. The van der Waals surface area contributed by atoms with Crippen LogP contribution in [0.15, 0.2) is 18.2 Å². The van der Waals surface area contributed by atoms with Gasteiger partial charge in [-0.3, -0.25) is 0 Å².